The summed E-state index contributed by atoms with van der Waals surface area (Å²) in [5.41, 5.74) is 5.84. The van der Waals surface area contributed by atoms with E-state index in [1.54, 1.807) is 0 Å². The van der Waals surface area contributed by atoms with Crippen LogP contribution in [0.4, 0.5) is 0 Å². The molecular weight excluding hydrogens is 266 g/mol. The molecule has 0 aliphatic heterocycles. The van der Waals surface area contributed by atoms with Crippen LogP contribution in [0.5, 0.6) is 0 Å². The van der Waals surface area contributed by atoms with E-state index in [2.05, 4.69) is 24.5 Å². The Morgan fingerprint density at radius 1 is 1.05 bits per heavy atom. The summed E-state index contributed by atoms with van der Waals surface area (Å²) in [6.07, 6.45) is 6.88. The molecule has 4 aliphatic rings. The van der Waals surface area contributed by atoms with Gasteiger partial charge in [0.2, 0.25) is 0 Å². The molecule has 0 radical (unpaired) electrons. The molecule has 2 atom stereocenters. The van der Waals surface area contributed by atoms with Crippen LogP contribution in [0.1, 0.15) is 52.4 Å². The molecule has 4 bridgehead atoms. The van der Waals surface area contributed by atoms with Crippen molar-refractivity contribution in [1.82, 2.24) is 10.6 Å². The van der Waals surface area contributed by atoms with E-state index < -0.39 is 11.8 Å². The molecule has 118 valence electrons. The van der Waals surface area contributed by atoms with Crippen molar-refractivity contribution < 1.29 is 9.59 Å². The zero-order chi connectivity index (χ0) is 15.3. The van der Waals surface area contributed by atoms with Gasteiger partial charge in [-0.05, 0) is 55.3 Å². The lowest BCUT2D eigenvalue weighted by Crippen LogP contribution is -2.66. The molecule has 2 amide bonds. The molecule has 4 rings (SSSR count). The highest BCUT2D eigenvalue weighted by Gasteiger charge is 2.60. The monoisotopic (exact) mass is 293 g/mol. The summed E-state index contributed by atoms with van der Waals surface area (Å²) in [5, 5.41) is 5.65. The van der Waals surface area contributed by atoms with Gasteiger partial charge < -0.3 is 16.4 Å². The first-order valence-electron chi connectivity index (χ1n) is 8.08. The minimum Gasteiger partial charge on any atom is -0.347 e. The molecular formula is C16H27N3O2. The van der Waals surface area contributed by atoms with E-state index in [4.69, 9.17) is 5.73 Å². The third kappa shape index (κ3) is 2.68. The van der Waals surface area contributed by atoms with E-state index in [0.717, 1.165) is 19.3 Å². The first kappa shape index (κ1) is 14.8. The number of nitrogens with two attached hydrogens (primary N) is 1. The van der Waals surface area contributed by atoms with Gasteiger partial charge in [0.1, 0.15) is 0 Å². The molecule has 0 aromatic rings. The zero-order valence-electron chi connectivity index (χ0n) is 13.1. The van der Waals surface area contributed by atoms with Crippen LogP contribution in [0, 0.1) is 16.7 Å². The van der Waals surface area contributed by atoms with E-state index >= 15 is 0 Å². The highest BCUT2D eigenvalue weighted by atomic mass is 16.2. The second kappa shape index (κ2) is 4.70. The number of hydrogen-bond donors (Lipinski definition) is 3. The average molecular weight is 293 g/mol. The standard InChI is InChI=1S/C16H27N3O2/c1-14-5-11-6-15(2,8-14)10-16(7-11,9-14)19-13(21)12(20)18-4-3-17/h11H,3-10,17H2,1-2H3,(H,18,20)(H,19,21). The van der Waals surface area contributed by atoms with Gasteiger partial charge in [0.15, 0.2) is 0 Å². The van der Waals surface area contributed by atoms with Crippen LogP contribution in [0.25, 0.3) is 0 Å². The van der Waals surface area contributed by atoms with Gasteiger partial charge in [-0.1, -0.05) is 13.8 Å². The third-order valence-electron chi connectivity index (χ3n) is 5.64. The van der Waals surface area contributed by atoms with E-state index in [1.807, 2.05) is 0 Å². The van der Waals surface area contributed by atoms with Gasteiger partial charge in [-0.25, -0.2) is 0 Å². The molecule has 0 spiro atoms. The van der Waals surface area contributed by atoms with Gasteiger partial charge >= 0.3 is 11.8 Å². The van der Waals surface area contributed by atoms with Gasteiger partial charge in [0, 0.05) is 18.6 Å². The van der Waals surface area contributed by atoms with Crippen LogP contribution in [0.2, 0.25) is 0 Å². The lowest BCUT2D eigenvalue weighted by molar-refractivity contribution is -0.149. The number of carbonyl (C=O) groups is 2. The van der Waals surface area contributed by atoms with Gasteiger partial charge in [0.05, 0.1) is 0 Å². The Bertz CT molecular complexity index is 458. The maximum atomic E-state index is 12.2. The number of rotatable bonds is 3. The number of nitrogens with one attached hydrogen (secondary N) is 2. The highest BCUT2D eigenvalue weighted by Crippen LogP contribution is 2.66. The summed E-state index contributed by atoms with van der Waals surface area (Å²) in [6.45, 7) is 5.40. The summed E-state index contributed by atoms with van der Waals surface area (Å²) in [7, 11) is 0. The topological polar surface area (TPSA) is 84.2 Å². The van der Waals surface area contributed by atoms with Crippen LogP contribution in [0.15, 0.2) is 0 Å². The second-order valence-electron chi connectivity index (χ2n) is 8.41. The molecule has 0 aromatic carbocycles. The first-order valence-corrected chi connectivity index (χ1v) is 8.08. The van der Waals surface area contributed by atoms with Gasteiger partial charge in [-0.2, -0.15) is 0 Å². The molecule has 0 saturated heterocycles. The summed E-state index contributed by atoms with van der Waals surface area (Å²) in [5.74, 6) is -0.340. The van der Waals surface area contributed by atoms with Gasteiger partial charge in [0.25, 0.3) is 0 Å². The summed E-state index contributed by atoms with van der Waals surface area (Å²) >= 11 is 0. The summed E-state index contributed by atoms with van der Waals surface area (Å²) in [4.78, 5) is 24.0. The molecule has 4 N–H and O–H groups in total. The molecule has 21 heavy (non-hydrogen) atoms. The largest absolute Gasteiger partial charge is 0.347 e. The minimum absolute atomic E-state index is 0.167. The van der Waals surface area contributed by atoms with Crippen molar-refractivity contribution in [2.24, 2.45) is 22.5 Å². The smallest absolute Gasteiger partial charge is 0.309 e. The van der Waals surface area contributed by atoms with Crippen LogP contribution >= 0.6 is 0 Å². The number of hydrogen-bond acceptors (Lipinski definition) is 3. The van der Waals surface area contributed by atoms with Crippen molar-refractivity contribution in [2.75, 3.05) is 13.1 Å². The summed E-state index contributed by atoms with van der Waals surface area (Å²) < 4.78 is 0. The Morgan fingerprint density at radius 3 is 2.19 bits per heavy atom. The minimum atomic E-state index is -0.550. The molecule has 5 heteroatoms. The Kier molecular flexibility index (Phi) is 3.32. The second-order valence-corrected chi connectivity index (χ2v) is 8.41. The van der Waals surface area contributed by atoms with Crippen molar-refractivity contribution >= 4 is 11.8 Å². The molecule has 4 aliphatic carbocycles. The van der Waals surface area contributed by atoms with Crippen molar-refractivity contribution in [1.29, 1.82) is 0 Å². The normalized spacial score (nSPS) is 43.7. The fraction of sp³-hybridized carbons (Fsp3) is 0.875. The van der Waals surface area contributed by atoms with Gasteiger partial charge in [-0.15, -0.1) is 0 Å². The molecule has 5 nitrogen and oxygen atoms in total. The fourth-order valence-electron chi connectivity index (χ4n) is 6.15. The van der Waals surface area contributed by atoms with Crippen molar-refractivity contribution in [2.45, 2.75) is 57.9 Å². The average Bonchev–Trinajstić information content (AvgIpc) is 2.30. The van der Waals surface area contributed by atoms with Crippen LogP contribution < -0.4 is 16.4 Å². The van der Waals surface area contributed by atoms with E-state index in [-0.39, 0.29) is 5.54 Å². The molecule has 2 unspecified atom stereocenters. The van der Waals surface area contributed by atoms with Crippen LogP contribution in [0.3, 0.4) is 0 Å². The maximum Gasteiger partial charge on any atom is 0.309 e. The Balaban J connectivity index is 1.73. The third-order valence-corrected chi connectivity index (χ3v) is 5.64. The van der Waals surface area contributed by atoms with Crippen molar-refractivity contribution in [3.63, 3.8) is 0 Å². The number of amides is 2. The van der Waals surface area contributed by atoms with Crippen LogP contribution in [-0.4, -0.2) is 30.4 Å². The Morgan fingerprint density at radius 2 is 1.67 bits per heavy atom. The molecule has 4 saturated carbocycles. The van der Waals surface area contributed by atoms with Crippen LogP contribution in [-0.2, 0) is 9.59 Å². The predicted octanol–water partition coefficient (Wildman–Crippen LogP) is 0.927. The Labute approximate surface area is 126 Å². The molecule has 0 heterocycles. The zero-order valence-corrected chi connectivity index (χ0v) is 13.1. The predicted molar refractivity (Wildman–Crippen MR) is 80.3 cm³/mol. The lowest BCUT2D eigenvalue weighted by Gasteiger charge is -2.65. The highest BCUT2D eigenvalue weighted by molar-refractivity contribution is 6.35. The quantitative estimate of drug-likeness (QED) is 0.677. The first-order chi connectivity index (χ1) is 9.77. The van der Waals surface area contributed by atoms with E-state index in [1.165, 1.54) is 19.3 Å². The molecule has 4 fully saturated rings. The maximum absolute atomic E-state index is 12.2. The Hall–Kier alpha value is -1.10. The molecule has 0 aromatic heterocycles. The van der Waals surface area contributed by atoms with E-state index in [0.29, 0.717) is 29.8 Å². The lowest BCUT2D eigenvalue weighted by atomic mass is 9.43. The number of carbonyl (C=O) groups excluding carboxylic acids is 2. The van der Waals surface area contributed by atoms with Crippen molar-refractivity contribution in [3.8, 4) is 0 Å². The van der Waals surface area contributed by atoms with Gasteiger partial charge in [-0.3, -0.25) is 9.59 Å². The van der Waals surface area contributed by atoms with E-state index in [9.17, 15) is 9.59 Å². The fourth-order valence-corrected chi connectivity index (χ4v) is 6.15. The SMILES string of the molecule is CC12CC3CC(C)(C1)CC(NC(=O)C(=O)NCCN)(C3)C2. The van der Waals surface area contributed by atoms with Crippen molar-refractivity contribution in [3.05, 3.63) is 0 Å². The summed E-state index contributed by atoms with van der Waals surface area (Å²) in [6, 6.07) is 0.